The van der Waals surface area contributed by atoms with E-state index in [2.05, 4.69) is 24.0 Å². The molecule has 0 unspecified atom stereocenters. The molecule has 116 valence electrons. The van der Waals surface area contributed by atoms with Crippen molar-refractivity contribution in [2.75, 3.05) is 18.1 Å². The lowest BCUT2D eigenvalue weighted by Crippen LogP contribution is -2.29. The fraction of sp³-hybridized carbons (Fsp3) is 0.250. The Hall–Kier alpha value is -2.57. The highest BCUT2D eigenvalue weighted by Crippen LogP contribution is 2.30. The zero-order valence-electron chi connectivity index (χ0n) is 13.0. The molecule has 3 heteroatoms. The highest BCUT2D eigenvalue weighted by molar-refractivity contribution is 5.96. The van der Waals surface area contributed by atoms with E-state index in [1.54, 1.807) is 4.90 Å². The molecule has 23 heavy (non-hydrogen) atoms. The number of carbonyl (C=O) groups is 1. The van der Waals surface area contributed by atoms with Crippen LogP contribution in [0.25, 0.3) is 0 Å². The van der Waals surface area contributed by atoms with Crippen LogP contribution in [0.3, 0.4) is 0 Å². The maximum absolute atomic E-state index is 12.0. The highest BCUT2D eigenvalue weighted by Gasteiger charge is 2.25. The third-order valence-corrected chi connectivity index (χ3v) is 4.01. The van der Waals surface area contributed by atoms with Gasteiger partial charge in [-0.15, -0.1) is 0 Å². The van der Waals surface area contributed by atoms with E-state index in [9.17, 15) is 4.79 Å². The van der Waals surface area contributed by atoms with Crippen LogP contribution >= 0.6 is 0 Å². The number of hydrogen-bond donors (Lipinski definition) is 1. The summed E-state index contributed by atoms with van der Waals surface area (Å²) in [6, 6.07) is 16.1. The molecule has 0 saturated heterocycles. The first kappa shape index (κ1) is 15.3. The average Bonchev–Trinajstić information content (AvgIpc) is 3.01. The Morgan fingerprint density at radius 1 is 1.13 bits per heavy atom. The minimum absolute atomic E-state index is 0.0272. The molecule has 0 spiro atoms. The number of carbonyl (C=O) groups excluding carboxylic acids is 1. The average molecular weight is 305 g/mol. The van der Waals surface area contributed by atoms with Crippen LogP contribution in [0.2, 0.25) is 0 Å². The van der Waals surface area contributed by atoms with Crippen LogP contribution in [0.1, 0.15) is 23.1 Å². The van der Waals surface area contributed by atoms with Gasteiger partial charge in [-0.1, -0.05) is 48.2 Å². The number of anilines is 1. The Bertz CT molecular complexity index is 756. The normalized spacial score (nSPS) is 12.5. The van der Waals surface area contributed by atoms with Gasteiger partial charge in [-0.25, -0.2) is 0 Å². The van der Waals surface area contributed by atoms with E-state index < -0.39 is 0 Å². The van der Waals surface area contributed by atoms with E-state index in [0.717, 1.165) is 29.7 Å². The summed E-state index contributed by atoms with van der Waals surface area (Å²) < 4.78 is 0. The largest absolute Gasteiger partial charge is 0.396 e. The lowest BCUT2D eigenvalue weighted by molar-refractivity contribution is -0.119. The van der Waals surface area contributed by atoms with Gasteiger partial charge in [0.25, 0.3) is 0 Å². The smallest absolute Gasteiger partial charge is 0.229 e. The van der Waals surface area contributed by atoms with Gasteiger partial charge in [0.2, 0.25) is 5.91 Å². The summed E-state index contributed by atoms with van der Waals surface area (Å²) in [6.07, 6.45) is 1.71. The van der Waals surface area contributed by atoms with Crippen molar-refractivity contribution in [1.29, 1.82) is 0 Å². The van der Waals surface area contributed by atoms with Crippen molar-refractivity contribution in [1.82, 2.24) is 0 Å². The van der Waals surface area contributed by atoms with Crippen molar-refractivity contribution in [2.24, 2.45) is 0 Å². The third-order valence-electron chi connectivity index (χ3n) is 4.01. The Kier molecular flexibility index (Phi) is 4.75. The molecule has 0 bridgehead atoms. The Labute approximate surface area is 136 Å². The molecule has 2 aromatic carbocycles. The van der Waals surface area contributed by atoms with Crippen LogP contribution in [-0.2, 0) is 17.6 Å². The summed E-state index contributed by atoms with van der Waals surface area (Å²) in [6.45, 7) is 0.562. The number of aliphatic hydroxyl groups is 1. The van der Waals surface area contributed by atoms with Gasteiger partial charge in [0.1, 0.15) is 0 Å². The van der Waals surface area contributed by atoms with Gasteiger partial charge in [-0.05, 0) is 29.7 Å². The zero-order valence-corrected chi connectivity index (χ0v) is 13.0. The van der Waals surface area contributed by atoms with Crippen LogP contribution in [0, 0.1) is 11.8 Å². The molecule has 0 aromatic heterocycles. The highest BCUT2D eigenvalue weighted by atomic mass is 16.3. The summed E-state index contributed by atoms with van der Waals surface area (Å²) in [5, 5.41) is 8.95. The predicted octanol–water partition coefficient (Wildman–Crippen LogP) is 2.55. The third kappa shape index (κ3) is 3.44. The van der Waals surface area contributed by atoms with Gasteiger partial charge in [-0.3, -0.25) is 4.79 Å². The van der Waals surface area contributed by atoms with E-state index in [-0.39, 0.29) is 18.9 Å². The fourth-order valence-corrected chi connectivity index (χ4v) is 2.88. The number of hydrogen-bond acceptors (Lipinski definition) is 2. The topological polar surface area (TPSA) is 40.5 Å². The van der Waals surface area contributed by atoms with E-state index >= 15 is 0 Å². The van der Waals surface area contributed by atoms with Gasteiger partial charge in [-0.2, -0.15) is 0 Å². The minimum atomic E-state index is -0.110. The number of fused-ring (bicyclic) bond motifs is 1. The molecule has 0 saturated carbocycles. The first-order chi connectivity index (χ1) is 11.3. The molecule has 3 nitrogen and oxygen atoms in total. The summed E-state index contributed by atoms with van der Waals surface area (Å²) in [5.41, 5.74) is 4.28. The van der Waals surface area contributed by atoms with Gasteiger partial charge in [0.05, 0.1) is 13.0 Å². The van der Waals surface area contributed by atoms with Crippen molar-refractivity contribution >= 4 is 11.6 Å². The Morgan fingerprint density at radius 3 is 2.74 bits per heavy atom. The summed E-state index contributed by atoms with van der Waals surface area (Å²) in [5.74, 6) is 6.44. The van der Waals surface area contributed by atoms with Crippen LogP contribution in [-0.4, -0.2) is 24.2 Å². The van der Waals surface area contributed by atoms with Gasteiger partial charge in [0.15, 0.2) is 0 Å². The van der Waals surface area contributed by atoms with E-state index in [0.29, 0.717) is 6.54 Å². The molecule has 0 atom stereocenters. The minimum Gasteiger partial charge on any atom is -0.396 e. The number of amides is 1. The zero-order chi connectivity index (χ0) is 16.1. The van der Waals surface area contributed by atoms with Crippen LogP contribution < -0.4 is 4.90 Å². The number of benzene rings is 2. The quantitative estimate of drug-likeness (QED) is 0.885. The molecule has 1 N–H and O–H groups in total. The molecule has 0 radical (unpaired) electrons. The molecule has 1 amide bonds. The van der Waals surface area contributed by atoms with E-state index in [1.165, 1.54) is 5.56 Å². The summed E-state index contributed by atoms with van der Waals surface area (Å²) in [4.78, 5) is 13.8. The van der Waals surface area contributed by atoms with Crippen molar-refractivity contribution in [3.05, 3.63) is 65.2 Å². The lowest BCUT2D eigenvalue weighted by Gasteiger charge is -2.16. The molecule has 1 aliphatic heterocycles. The second kappa shape index (κ2) is 7.13. The molecule has 0 fully saturated rings. The van der Waals surface area contributed by atoms with Crippen LogP contribution in [0.15, 0.2) is 48.5 Å². The molecular formula is C20H19NO2. The second-order valence-electron chi connectivity index (χ2n) is 5.54. The maximum atomic E-state index is 12.0. The van der Waals surface area contributed by atoms with E-state index in [1.807, 2.05) is 36.4 Å². The van der Waals surface area contributed by atoms with Crippen molar-refractivity contribution in [3.8, 4) is 11.8 Å². The molecule has 0 aliphatic carbocycles. The lowest BCUT2D eigenvalue weighted by atomic mass is 10.0. The SMILES string of the molecule is O=C(CCO)N1CCc2c(C#CCc3ccccc3)cccc21. The van der Waals surface area contributed by atoms with Crippen molar-refractivity contribution in [3.63, 3.8) is 0 Å². The predicted molar refractivity (Wildman–Crippen MR) is 91.2 cm³/mol. The van der Waals surface area contributed by atoms with Crippen LogP contribution in [0.4, 0.5) is 5.69 Å². The summed E-state index contributed by atoms with van der Waals surface area (Å²) in [7, 11) is 0. The van der Waals surface area contributed by atoms with Gasteiger partial charge in [0, 0.05) is 24.2 Å². The maximum Gasteiger partial charge on any atom is 0.229 e. The van der Waals surface area contributed by atoms with Gasteiger partial charge < -0.3 is 10.0 Å². The van der Waals surface area contributed by atoms with Crippen LogP contribution in [0.5, 0.6) is 0 Å². The number of rotatable bonds is 3. The molecule has 3 rings (SSSR count). The summed E-state index contributed by atoms with van der Waals surface area (Å²) >= 11 is 0. The molecule has 1 aliphatic rings. The monoisotopic (exact) mass is 305 g/mol. The molecule has 2 aromatic rings. The standard InChI is InChI=1S/C20H19NO2/c22-15-13-20(23)21-14-12-18-17(10-5-11-19(18)21)9-4-8-16-6-2-1-3-7-16/h1-3,5-7,10-11,22H,8,12-15H2. The number of nitrogens with zero attached hydrogens (tertiary/aromatic N) is 1. The van der Waals surface area contributed by atoms with Crippen molar-refractivity contribution in [2.45, 2.75) is 19.3 Å². The van der Waals surface area contributed by atoms with E-state index in [4.69, 9.17) is 5.11 Å². The van der Waals surface area contributed by atoms with Crippen molar-refractivity contribution < 1.29 is 9.90 Å². The molecular weight excluding hydrogens is 286 g/mol. The fourth-order valence-electron chi connectivity index (χ4n) is 2.88. The first-order valence-electron chi connectivity index (χ1n) is 7.85. The Morgan fingerprint density at radius 2 is 1.96 bits per heavy atom. The first-order valence-corrected chi connectivity index (χ1v) is 7.85. The van der Waals surface area contributed by atoms with Gasteiger partial charge >= 0.3 is 0 Å². The molecule has 1 heterocycles. The Balaban J connectivity index is 1.80. The second-order valence-corrected chi connectivity index (χ2v) is 5.54. The number of aliphatic hydroxyl groups excluding tert-OH is 1.